The Balaban J connectivity index is 1.42. The molecule has 2 aliphatic rings. The Labute approximate surface area is 163 Å². The standard InChI is InChI=1S/C21H36N4O2/c1-4-6-19(26)22-18-8-5-7-16(13-18)14-25-11-9-17(10-12-25)21-23-20(15(2)3)24-27-21/h15-18H,4-14H2,1-3H3,(H,22,26)/t16-,18-/m1/s1. The lowest BCUT2D eigenvalue weighted by Gasteiger charge is -2.36. The highest BCUT2D eigenvalue weighted by Gasteiger charge is 2.29. The molecule has 1 aliphatic heterocycles. The second-order valence-electron chi connectivity index (χ2n) is 8.77. The third-order valence-corrected chi connectivity index (χ3v) is 6.05. The molecule has 152 valence electrons. The first-order valence-corrected chi connectivity index (χ1v) is 10.9. The van der Waals surface area contributed by atoms with E-state index < -0.39 is 0 Å². The van der Waals surface area contributed by atoms with Gasteiger partial charge in [0, 0.05) is 30.8 Å². The minimum absolute atomic E-state index is 0.226. The average Bonchev–Trinajstić information content (AvgIpc) is 3.13. The predicted molar refractivity (Wildman–Crippen MR) is 106 cm³/mol. The number of hydrogen-bond donors (Lipinski definition) is 1. The zero-order valence-electron chi connectivity index (χ0n) is 17.2. The van der Waals surface area contributed by atoms with E-state index in [-0.39, 0.29) is 5.91 Å². The van der Waals surface area contributed by atoms with E-state index in [4.69, 9.17) is 4.52 Å². The molecular weight excluding hydrogens is 340 g/mol. The summed E-state index contributed by atoms with van der Waals surface area (Å²) in [5, 5.41) is 7.36. The SMILES string of the molecule is CCCC(=O)N[C@@H]1CCC[C@@H](CN2CCC(c3nc(C(C)C)no3)CC2)C1. The minimum Gasteiger partial charge on any atom is -0.353 e. The van der Waals surface area contributed by atoms with E-state index in [2.05, 4.69) is 41.1 Å². The van der Waals surface area contributed by atoms with E-state index in [0.29, 0.717) is 30.2 Å². The summed E-state index contributed by atoms with van der Waals surface area (Å²) < 4.78 is 5.50. The summed E-state index contributed by atoms with van der Waals surface area (Å²) in [5.74, 6) is 3.32. The van der Waals surface area contributed by atoms with Crippen LogP contribution in [-0.4, -0.2) is 46.6 Å². The van der Waals surface area contributed by atoms with Gasteiger partial charge in [0.05, 0.1) is 0 Å². The summed E-state index contributed by atoms with van der Waals surface area (Å²) >= 11 is 0. The molecule has 27 heavy (non-hydrogen) atoms. The second-order valence-corrected chi connectivity index (χ2v) is 8.77. The molecule has 2 heterocycles. The number of piperidine rings is 1. The third kappa shape index (κ3) is 5.77. The van der Waals surface area contributed by atoms with Crippen molar-refractivity contribution in [1.82, 2.24) is 20.4 Å². The van der Waals surface area contributed by atoms with E-state index in [1.165, 1.54) is 12.8 Å². The molecular formula is C21H36N4O2. The van der Waals surface area contributed by atoms with Crippen LogP contribution in [0.5, 0.6) is 0 Å². The van der Waals surface area contributed by atoms with Gasteiger partial charge in [-0.1, -0.05) is 32.3 Å². The zero-order valence-corrected chi connectivity index (χ0v) is 17.2. The van der Waals surface area contributed by atoms with Crippen LogP contribution in [0.2, 0.25) is 0 Å². The van der Waals surface area contributed by atoms with E-state index in [1.54, 1.807) is 0 Å². The summed E-state index contributed by atoms with van der Waals surface area (Å²) in [4.78, 5) is 19.1. The summed E-state index contributed by atoms with van der Waals surface area (Å²) in [5.41, 5.74) is 0. The first-order chi connectivity index (χ1) is 13.0. The van der Waals surface area contributed by atoms with Crippen LogP contribution in [0.4, 0.5) is 0 Å². The van der Waals surface area contributed by atoms with Gasteiger partial charge in [0.2, 0.25) is 11.8 Å². The van der Waals surface area contributed by atoms with Gasteiger partial charge in [-0.25, -0.2) is 0 Å². The van der Waals surface area contributed by atoms with Gasteiger partial charge in [-0.15, -0.1) is 0 Å². The van der Waals surface area contributed by atoms with Crippen LogP contribution in [0.15, 0.2) is 4.52 Å². The number of carbonyl (C=O) groups excluding carboxylic acids is 1. The molecule has 2 atom stereocenters. The van der Waals surface area contributed by atoms with Gasteiger partial charge in [-0.2, -0.15) is 4.98 Å². The lowest BCUT2D eigenvalue weighted by molar-refractivity contribution is -0.122. The van der Waals surface area contributed by atoms with Crippen molar-refractivity contribution in [3.8, 4) is 0 Å². The maximum absolute atomic E-state index is 11.9. The van der Waals surface area contributed by atoms with E-state index >= 15 is 0 Å². The number of likely N-dealkylation sites (tertiary alicyclic amines) is 1. The molecule has 1 aromatic rings. The van der Waals surface area contributed by atoms with Gasteiger partial charge < -0.3 is 14.7 Å². The predicted octanol–water partition coefficient (Wildman–Crippen LogP) is 3.85. The number of aromatic nitrogens is 2. The summed E-state index contributed by atoms with van der Waals surface area (Å²) in [7, 11) is 0. The van der Waals surface area contributed by atoms with Crippen molar-refractivity contribution in [3.63, 3.8) is 0 Å². The Hall–Kier alpha value is -1.43. The first kappa shape index (κ1) is 20.3. The van der Waals surface area contributed by atoms with Gasteiger partial charge in [0.1, 0.15) is 0 Å². The largest absolute Gasteiger partial charge is 0.353 e. The van der Waals surface area contributed by atoms with Crippen LogP contribution < -0.4 is 5.32 Å². The number of rotatable bonds is 7. The molecule has 1 saturated carbocycles. The van der Waals surface area contributed by atoms with Crippen molar-refractivity contribution in [2.24, 2.45) is 5.92 Å². The molecule has 1 aliphatic carbocycles. The highest BCUT2D eigenvalue weighted by molar-refractivity contribution is 5.76. The minimum atomic E-state index is 0.226. The lowest BCUT2D eigenvalue weighted by Crippen LogP contribution is -2.42. The van der Waals surface area contributed by atoms with Crippen molar-refractivity contribution in [3.05, 3.63) is 11.7 Å². The highest BCUT2D eigenvalue weighted by atomic mass is 16.5. The molecule has 6 heteroatoms. The Morgan fingerprint density at radius 3 is 2.70 bits per heavy atom. The molecule has 1 N–H and O–H groups in total. The molecule has 1 aromatic heterocycles. The third-order valence-electron chi connectivity index (χ3n) is 6.05. The normalized spacial score (nSPS) is 25.0. The van der Waals surface area contributed by atoms with Crippen LogP contribution in [0.1, 0.15) is 95.7 Å². The molecule has 2 fully saturated rings. The maximum atomic E-state index is 11.9. The summed E-state index contributed by atoms with van der Waals surface area (Å²) in [6.07, 6.45) is 8.59. The summed E-state index contributed by atoms with van der Waals surface area (Å²) in [6.45, 7) is 9.62. The fourth-order valence-electron chi connectivity index (χ4n) is 4.49. The van der Waals surface area contributed by atoms with E-state index in [9.17, 15) is 4.79 Å². The van der Waals surface area contributed by atoms with Gasteiger partial charge >= 0.3 is 0 Å². The number of amides is 1. The van der Waals surface area contributed by atoms with Crippen LogP contribution in [0.3, 0.4) is 0 Å². The maximum Gasteiger partial charge on any atom is 0.229 e. The van der Waals surface area contributed by atoms with Gasteiger partial charge in [-0.3, -0.25) is 4.79 Å². The molecule has 3 rings (SSSR count). The van der Waals surface area contributed by atoms with Gasteiger partial charge in [0.25, 0.3) is 0 Å². The van der Waals surface area contributed by atoms with E-state index in [1.807, 2.05) is 0 Å². The molecule has 0 spiro atoms. The van der Waals surface area contributed by atoms with Crippen molar-refractivity contribution >= 4 is 5.91 Å². The number of nitrogens with one attached hydrogen (secondary N) is 1. The Morgan fingerprint density at radius 2 is 2.04 bits per heavy atom. The number of hydrogen-bond acceptors (Lipinski definition) is 5. The van der Waals surface area contributed by atoms with E-state index in [0.717, 1.165) is 63.5 Å². The zero-order chi connectivity index (χ0) is 19.2. The monoisotopic (exact) mass is 376 g/mol. The quantitative estimate of drug-likeness (QED) is 0.783. The van der Waals surface area contributed by atoms with Crippen LogP contribution in [0.25, 0.3) is 0 Å². The van der Waals surface area contributed by atoms with Crippen LogP contribution >= 0.6 is 0 Å². The Kier molecular flexibility index (Phi) is 7.27. The molecule has 1 saturated heterocycles. The van der Waals surface area contributed by atoms with Gasteiger partial charge in [0.15, 0.2) is 5.82 Å². The average molecular weight is 377 g/mol. The summed E-state index contributed by atoms with van der Waals surface area (Å²) in [6, 6.07) is 0.383. The molecule has 0 bridgehead atoms. The van der Waals surface area contributed by atoms with Crippen molar-refractivity contribution in [2.75, 3.05) is 19.6 Å². The smallest absolute Gasteiger partial charge is 0.229 e. The van der Waals surface area contributed by atoms with Crippen LogP contribution in [0, 0.1) is 5.92 Å². The van der Waals surface area contributed by atoms with Crippen LogP contribution in [-0.2, 0) is 4.79 Å². The molecule has 0 radical (unpaired) electrons. The fraction of sp³-hybridized carbons (Fsp3) is 0.857. The molecule has 0 unspecified atom stereocenters. The topological polar surface area (TPSA) is 71.3 Å². The number of nitrogens with zero attached hydrogens (tertiary/aromatic N) is 3. The Bertz CT molecular complexity index is 593. The first-order valence-electron chi connectivity index (χ1n) is 10.9. The highest BCUT2D eigenvalue weighted by Crippen LogP contribution is 2.30. The van der Waals surface area contributed by atoms with Crippen molar-refractivity contribution < 1.29 is 9.32 Å². The van der Waals surface area contributed by atoms with Crippen molar-refractivity contribution in [1.29, 1.82) is 0 Å². The number of carbonyl (C=O) groups is 1. The molecule has 6 nitrogen and oxygen atoms in total. The molecule has 1 amide bonds. The lowest BCUT2D eigenvalue weighted by atomic mass is 9.84. The van der Waals surface area contributed by atoms with Gasteiger partial charge in [-0.05, 0) is 57.5 Å². The Morgan fingerprint density at radius 1 is 1.26 bits per heavy atom. The second kappa shape index (κ2) is 9.67. The van der Waals surface area contributed by atoms with Crippen molar-refractivity contribution in [2.45, 2.75) is 90.0 Å². The fourth-order valence-corrected chi connectivity index (χ4v) is 4.49. The molecule has 0 aromatic carbocycles.